The van der Waals surface area contributed by atoms with Crippen LogP contribution in [-0.4, -0.2) is 23.9 Å². The molecule has 3 rings (SSSR count). The Morgan fingerprint density at radius 1 is 1.17 bits per heavy atom. The maximum atomic E-state index is 5.91. The van der Waals surface area contributed by atoms with Gasteiger partial charge in [-0.25, -0.2) is 0 Å². The Bertz CT molecular complexity index is 824. The molecule has 0 amide bonds. The number of aromatic amines is 1. The molecule has 0 aliphatic carbocycles. The number of ether oxygens (including phenoxy) is 2. The molecule has 0 saturated heterocycles. The van der Waals surface area contributed by atoms with Gasteiger partial charge in [-0.2, -0.15) is 5.10 Å². The van der Waals surface area contributed by atoms with Crippen molar-refractivity contribution < 1.29 is 9.47 Å². The van der Waals surface area contributed by atoms with Crippen molar-refractivity contribution in [3.63, 3.8) is 0 Å². The van der Waals surface area contributed by atoms with Gasteiger partial charge in [0.15, 0.2) is 5.82 Å². The number of nitrogens with zero attached hydrogens (tertiary/aromatic N) is 1. The van der Waals surface area contributed by atoms with Gasteiger partial charge in [-0.1, -0.05) is 19.9 Å². The Morgan fingerprint density at radius 3 is 2.74 bits per heavy atom. The fourth-order valence-corrected chi connectivity index (χ4v) is 2.47. The van der Waals surface area contributed by atoms with Crippen molar-refractivity contribution in [3.8, 4) is 22.6 Å². The Kier molecular flexibility index (Phi) is 4.10. The summed E-state index contributed by atoms with van der Waals surface area (Å²) in [6, 6.07) is 11.8. The molecule has 0 aliphatic rings. The minimum absolute atomic E-state index is 0.475. The number of anilines is 1. The van der Waals surface area contributed by atoms with E-state index in [2.05, 4.69) is 24.0 Å². The second-order valence-corrected chi connectivity index (χ2v) is 5.94. The maximum Gasteiger partial charge on any atom is 0.153 e. The van der Waals surface area contributed by atoms with Gasteiger partial charge in [0.1, 0.15) is 11.5 Å². The number of hydrogen-bond donors (Lipinski definition) is 2. The summed E-state index contributed by atoms with van der Waals surface area (Å²) in [5, 5.41) is 7.85. The average Bonchev–Trinajstić information content (AvgIpc) is 2.93. The molecule has 120 valence electrons. The summed E-state index contributed by atoms with van der Waals surface area (Å²) >= 11 is 0. The Morgan fingerprint density at radius 2 is 2.00 bits per heavy atom. The van der Waals surface area contributed by atoms with Crippen LogP contribution in [0.25, 0.3) is 22.0 Å². The highest BCUT2D eigenvalue weighted by Gasteiger charge is 2.11. The number of rotatable bonds is 5. The predicted molar refractivity (Wildman–Crippen MR) is 92.8 cm³/mol. The van der Waals surface area contributed by atoms with Gasteiger partial charge in [-0.05, 0) is 41.8 Å². The third-order valence-corrected chi connectivity index (χ3v) is 3.66. The van der Waals surface area contributed by atoms with Gasteiger partial charge < -0.3 is 15.2 Å². The van der Waals surface area contributed by atoms with Crippen LogP contribution in [0.3, 0.4) is 0 Å². The molecule has 0 atom stereocenters. The van der Waals surface area contributed by atoms with Crippen molar-refractivity contribution in [1.82, 2.24) is 10.2 Å². The highest BCUT2D eigenvalue weighted by Crippen LogP contribution is 2.35. The number of methoxy groups -OCH3 is 1. The smallest absolute Gasteiger partial charge is 0.153 e. The molecule has 0 spiro atoms. The van der Waals surface area contributed by atoms with Gasteiger partial charge >= 0.3 is 0 Å². The minimum Gasteiger partial charge on any atom is -0.496 e. The van der Waals surface area contributed by atoms with E-state index >= 15 is 0 Å². The quantitative estimate of drug-likeness (QED) is 0.750. The van der Waals surface area contributed by atoms with Crippen LogP contribution >= 0.6 is 0 Å². The zero-order chi connectivity index (χ0) is 16.4. The first-order chi connectivity index (χ1) is 11.1. The molecule has 0 fully saturated rings. The minimum atomic E-state index is 0.475. The Balaban J connectivity index is 2.04. The van der Waals surface area contributed by atoms with E-state index in [1.807, 2.05) is 36.4 Å². The van der Waals surface area contributed by atoms with Crippen molar-refractivity contribution >= 4 is 16.7 Å². The van der Waals surface area contributed by atoms with Gasteiger partial charge in [0.25, 0.3) is 0 Å². The number of hydrogen-bond acceptors (Lipinski definition) is 4. The maximum absolute atomic E-state index is 5.91. The molecule has 3 N–H and O–H groups in total. The SMILES string of the molecule is COc1ccc(OCC(C)C)cc1-c1ccc2[nH]nc(N)c2c1. The standard InChI is InChI=1S/C18H21N3O2/c1-11(2)10-23-13-5-7-17(22-3)14(9-13)12-4-6-16-15(8-12)18(19)21-20-16/h4-9,11H,10H2,1-3H3,(H3,19,20,21). The lowest BCUT2D eigenvalue weighted by Gasteiger charge is -2.13. The van der Waals surface area contributed by atoms with Crippen molar-refractivity contribution in [2.75, 3.05) is 19.5 Å². The number of nitrogens with two attached hydrogens (primary N) is 1. The molecular formula is C18H21N3O2. The zero-order valence-corrected chi connectivity index (χ0v) is 13.6. The first-order valence-corrected chi connectivity index (χ1v) is 7.63. The summed E-state index contributed by atoms with van der Waals surface area (Å²) in [6.07, 6.45) is 0. The molecule has 5 nitrogen and oxygen atoms in total. The summed E-state index contributed by atoms with van der Waals surface area (Å²) in [6.45, 7) is 4.93. The number of H-pyrrole nitrogens is 1. The van der Waals surface area contributed by atoms with Gasteiger partial charge in [-0.15, -0.1) is 0 Å². The van der Waals surface area contributed by atoms with E-state index in [9.17, 15) is 0 Å². The van der Waals surface area contributed by atoms with E-state index in [1.165, 1.54) is 0 Å². The summed E-state index contributed by atoms with van der Waals surface area (Å²) in [5.74, 6) is 2.59. The fourth-order valence-electron chi connectivity index (χ4n) is 2.47. The van der Waals surface area contributed by atoms with Gasteiger partial charge in [0.05, 0.1) is 19.2 Å². The molecule has 23 heavy (non-hydrogen) atoms. The van der Waals surface area contributed by atoms with Crippen molar-refractivity contribution in [3.05, 3.63) is 36.4 Å². The van der Waals surface area contributed by atoms with Crippen LogP contribution in [0.5, 0.6) is 11.5 Å². The lowest BCUT2D eigenvalue weighted by Crippen LogP contribution is -2.04. The third kappa shape index (κ3) is 3.08. The predicted octanol–water partition coefficient (Wildman–Crippen LogP) is 3.86. The van der Waals surface area contributed by atoms with E-state index in [0.717, 1.165) is 33.5 Å². The molecule has 0 bridgehead atoms. The molecule has 2 aromatic carbocycles. The van der Waals surface area contributed by atoms with Gasteiger partial charge in [-0.3, -0.25) is 5.10 Å². The molecule has 1 heterocycles. The Labute approximate surface area is 135 Å². The second kappa shape index (κ2) is 6.20. The highest BCUT2D eigenvalue weighted by molar-refractivity contribution is 5.93. The average molecular weight is 311 g/mol. The lowest BCUT2D eigenvalue weighted by molar-refractivity contribution is 0.271. The second-order valence-electron chi connectivity index (χ2n) is 5.94. The first-order valence-electron chi connectivity index (χ1n) is 7.63. The summed E-state index contributed by atoms with van der Waals surface area (Å²) in [5.41, 5.74) is 8.80. The van der Waals surface area contributed by atoms with Crippen LogP contribution in [0.1, 0.15) is 13.8 Å². The van der Waals surface area contributed by atoms with Crippen molar-refractivity contribution in [2.24, 2.45) is 5.92 Å². The number of nitrogen functional groups attached to an aromatic ring is 1. The molecule has 3 aromatic rings. The van der Waals surface area contributed by atoms with Crippen LogP contribution in [0.15, 0.2) is 36.4 Å². The first kappa shape index (κ1) is 15.2. The van der Waals surface area contributed by atoms with E-state index < -0.39 is 0 Å². The van der Waals surface area contributed by atoms with E-state index in [1.54, 1.807) is 7.11 Å². The van der Waals surface area contributed by atoms with E-state index in [4.69, 9.17) is 15.2 Å². The molecule has 1 aromatic heterocycles. The third-order valence-electron chi connectivity index (χ3n) is 3.66. The molecule has 0 unspecified atom stereocenters. The topological polar surface area (TPSA) is 73.2 Å². The van der Waals surface area contributed by atoms with Gasteiger partial charge in [0, 0.05) is 10.9 Å². The van der Waals surface area contributed by atoms with Crippen molar-refractivity contribution in [1.29, 1.82) is 0 Å². The Hall–Kier alpha value is -2.69. The molecule has 5 heteroatoms. The number of aromatic nitrogens is 2. The largest absolute Gasteiger partial charge is 0.496 e. The molecular weight excluding hydrogens is 290 g/mol. The van der Waals surface area contributed by atoms with Crippen molar-refractivity contribution in [2.45, 2.75) is 13.8 Å². The fraction of sp³-hybridized carbons (Fsp3) is 0.278. The van der Waals surface area contributed by atoms with Crippen LogP contribution < -0.4 is 15.2 Å². The number of benzene rings is 2. The number of fused-ring (bicyclic) bond motifs is 1. The summed E-state index contributed by atoms with van der Waals surface area (Å²) in [4.78, 5) is 0. The molecule has 0 aliphatic heterocycles. The van der Waals surface area contributed by atoms with E-state index in [0.29, 0.717) is 18.3 Å². The molecule has 0 saturated carbocycles. The zero-order valence-electron chi connectivity index (χ0n) is 13.6. The van der Waals surface area contributed by atoms with E-state index in [-0.39, 0.29) is 0 Å². The van der Waals surface area contributed by atoms with Crippen LogP contribution in [0.4, 0.5) is 5.82 Å². The molecule has 0 radical (unpaired) electrons. The summed E-state index contributed by atoms with van der Waals surface area (Å²) in [7, 11) is 1.66. The normalized spacial score (nSPS) is 11.1. The van der Waals surface area contributed by atoms with Crippen LogP contribution in [0, 0.1) is 5.92 Å². The highest BCUT2D eigenvalue weighted by atomic mass is 16.5. The van der Waals surface area contributed by atoms with Crippen LogP contribution in [0.2, 0.25) is 0 Å². The lowest BCUT2D eigenvalue weighted by atomic mass is 10.0. The van der Waals surface area contributed by atoms with Gasteiger partial charge in [0.2, 0.25) is 0 Å². The van der Waals surface area contributed by atoms with Crippen LogP contribution in [-0.2, 0) is 0 Å². The number of nitrogens with one attached hydrogen (secondary N) is 1. The monoisotopic (exact) mass is 311 g/mol. The summed E-state index contributed by atoms with van der Waals surface area (Å²) < 4.78 is 11.3.